The monoisotopic (exact) mass is 291 g/mol. The van der Waals surface area contributed by atoms with E-state index >= 15 is 0 Å². The summed E-state index contributed by atoms with van der Waals surface area (Å²) in [5.41, 5.74) is 5.58. The molecule has 0 aliphatic heterocycles. The number of aryl methyl sites for hydroxylation is 1. The first-order valence-electron chi connectivity index (χ1n) is 5.77. The predicted molar refractivity (Wildman–Crippen MR) is 73.4 cm³/mol. The number of phenolic OH excluding ortho intramolecular Hbond substituents is 2. The summed E-state index contributed by atoms with van der Waals surface area (Å²) in [6.45, 7) is 0. The Bertz CT molecular complexity index is 722. The Kier molecular flexibility index (Phi) is 3.65. The number of carbonyl (C=O) groups is 1. The molecule has 1 aromatic carbocycles. The van der Waals surface area contributed by atoms with Crippen molar-refractivity contribution in [1.82, 2.24) is 9.78 Å². The summed E-state index contributed by atoms with van der Waals surface area (Å²) in [6, 6.07) is 3.56. The summed E-state index contributed by atoms with van der Waals surface area (Å²) in [4.78, 5) is 12.1. The summed E-state index contributed by atoms with van der Waals surface area (Å²) >= 11 is 0. The minimum absolute atomic E-state index is 0.123. The third kappa shape index (κ3) is 2.71. The highest BCUT2D eigenvalue weighted by atomic mass is 16.4. The fourth-order valence-electron chi connectivity index (χ4n) is 1.71. The van der Waals surface area contributed by atoms with Crippen LogP contribution in [0.5, 0.6) is 11.5 Å². The van der Waals surface area contributed by atoms with Crippen molar-refractivity contribution in [2.45, 2.75) is 0 Å². The van der Waals surface area contributed by atoms with E-state index in [0.29, 0.717) is 0 Å². The second-order valence-electron chi connectivity index (χ2n) is 4.17. The Morgan fingerprint density at radius 1 is 1.38 bits per heavy atom. The van der Waals surface area contributed by atoms with E-state index < -0.39 is 5.91 Å². The molecule has 0 fully saturated rings. The molecule has 1 aromatic heterocycles. The van der Waals surface area contributed by atoms with Gasteiger partial charge in [0.1, 0.15) is 17.3 Å². The van der Waals surface area contributed by atoms with Crippen LogP contribution in [0.2, 0.25) is 0 Å². The van der Waals surface area contributed by atoms with Gasteiger partial charge in [-0.15, -0.1) is 0 Å². The van der Waals surface area contributed by atoms with Gasteiger partial charge >= 0.3 is 0 Å². The van der Waals surface area contributed by atoms with Crippen LogP contribution in [0.3, 0.4) is 0 Å². The number of rotatable bonds is 3. The molecular weight excluding hydrogens is 278 g/mol. The van der Waals surface area contributed by atoms with Gasteiger partial charge in [-0.1, -0.05) is 5.16 Å². The fraction of sp³-hybridized carbons (Fsp3) is 0.0833. The van der Waals surface area contributed by atoms with Crippen molar-refractivity contribution in [2.24, 2.45) is 17.9 Å². The Morgan fingerprint density at radius 2 is 2.10 bits per heavy atom. The van der Waals surface area contributed by atoms with Gasteiger partial charge in [-0.25, -0.2) is 0 Å². The van der Waals surface area contributed by atoms with Crippen LogP contribution in [0, 0.1) is 0 Å². The predicted octanol–water partition coefficient (Wildman–Crippen LogP) is 0.178. The molecule has 6 N–H and O–H groups in total. The topological polar surface area (TPSA) is 146 Å². The Labute approximate surface area is 118 Å². The number of aromatic hydroxyl groups is 2. The van der Waals surface area contributed by atoms with Crippen LogP contribution < -0.4 is 11.1 Å². The molecule has 21 heavy (non-hydrogen) atoms. The molecule has 0 atom stereocenters. The van der Waals surface area contributed by atoms with Crippen LogP contribution in [0.15, 0.2) is 29.6 Å². The normalized spacial score (nSPS) is 11.4. The van der Waals surface area contributed by atoms with Gasteiger partial charge in [0.15, 0.2) is 5.84 Å². The van der Waals surface area contributed by atoms with Crippen LogP contribution >= 0.6 is 0 Å². The highest BCUT2D eigenvalue weighted by Crippen LogP contribution is 2.24. The second-order valence-corrected chi connectivity index (χ2v) is 4.17. The van der Waals surface area contributed by atoms with E-state index in [1.54, 1.807) is 7.05 Å². The third-order valence-electron chi connectivity index (χ3n) is 2.78. The number of anilines is 1. The van der Waals surface area contributed by atoms with Crippen molar-refractivity contribution in [1.29, 1.82) is 0 Å². The number of hydrogen-bond donors (Lipinski definition) is 5. The first-order chi connectivity index (χ1) is 9.93. The zero-order valence-corrected chi connectivity index (χ0v) is 11.0. The number of phenols is 2. The van der Waals surface area contributed by atoms with Crippen LogP contribution in [0.25, 0.3) is 0 Å². The van der Waals surface area contributed by atoms with Crippen molar-refractivity contribution in [3.63, 3.8) is 0 Å². The Balaban J connectivity index is 2.36. The van der Waals surface area contributed by atoms with E-state index in [4.69, 9.17) is 10.9 Å². The molecule has 0 saturated heterocycles. The standard InChI is InChI=1S/C12H13N5O4/c1-17-11(8(5-14-17)10(13)16-21)15-12(20)7-4-6(18)2-3-9(7)19/h2-5,18-19,21H,1H3,(H2,13,16)(H,15,20). The Morgan fingerprint density at radius 3 is 2.76 bits per heavy atom. The number of aromatic nitrogens is 2. The van der Waals surface area contributed by atoms with Crippen molar-refractivity contribution in [3.8, 4) is 11.5 Å². The zero-order valence-electron chi connectivity index (χ0n) is 11.0. The number of nitrogens with zero attached hydrogens (tertiary/aromatic N) is 3. The molecule has 2 rings (SSSR count). The van der Waals surface area contributed by atoms with Crippen LogP contribution in [0.1, 0.15) is 15.9 Å². The molecule has 0 spiro atoms. The quantitative estimate of drug-likeness (QED) is 0.179. The minimum atomic E-state index is -0.681. The maximum Gasteiger partial charge on any atom is 0.260 e. The molecule has 0 bridgehead atoms. The van der Waals surface area contributed by atoms with Crippen molar-refractivity contribution >= 4 is 17.6 Å². The summed E-state index contributed by atoms with van der Waals surface area (Å²) < 4.78 is 1.31. The summed E-state index contributed by atoms with van der Waals surface area (Å²) in [5.74, 6) is -1.19. The molecule has 0 radical (unpaired) electrons. The van der Waals surface area contributed by atoms with Gasteiger partial charge < -0.3 is 26.5 Å². The largest absolute Gasteiger partial charge is 0.508 e. The number of amidine groups is 1. The first kappa shape index (κ1) is 14.2. The lowest BCUT2D eigenvalue weighted by Crippen LogP contribution is -2.20. The zero-order chi connectivity index (χ0) is 15.6. The molecular formula is C12H13N5O4. The van der Waals surface area contributed by atoms with Crippen molar-refractivity contribution < 1.29 is 20.2 Å². The molecule has 1 heterocycles. The average molecular weight is 291 g/mol. The first-order valence-corrected chi connectivity index (χ1v) is 5.77. The van der Waals surface area contributed by atoms with Gasteiger partial charge in [0.2, 0.25) is 0 Å². The van der Waals surface area contributed by atoms with Gasteiger partial charge in [-0.2, -0.15) is 5.10 Å². The fourth-order valence-corrected chi connectivity index (χ4v) is 1.71. The molecule has 2 aromatic rings. The highest BCUT2D eigenvalue weighted by molar-refractivity contribution is 6.10. The molecule has 9 nitrogen and oxygen atoms in total. The number of benzene rings is 1. The number of amides is 1. The van der Waals surface area contributed by atoms with Crippen LogP contribution in [-0.2, 0) is 7.05 Å². The van der Waals surface area contributed by atoms with Crippen molar-refractivity contribution in [3.05, 3.63) is 35.5 Å². The third-order valence-corrected chi connectivity index (χ3v) is 2.78. The van der Waals surface area contributed by atoms with Gasteiger partial charge in [-0.3, -0.25) is 9.48 Å². The Hall–Kier alpha value is -3.23. The van der Waals surface area contributed by atoms with E-state index in [1.807, 2.05) is 0 Å². The molecule has 0 unspecified atom stereocenters. The molecule has 9 heteroatoms. The SMILES string of the molecule is Cn1ncc(/C(N)=N/O)c1NC(=O)c1cc(O)ccc1O. The molecule has 1 amide bonds. The number of nitrogens with one attached hydrogen (secondary N) is 1. The molecule has 110 valence electrons. The smallest absolute Gasteiger partial charge is 0.260 e. The lowest BCUT2D eigenvalue weighted by Gasteiger charge is -2.09. The van der Waals surface area contributed by atoms with Crippen molar-refractivity contribution in [2.75, 3.05) is 5.32 Å². The van der Waals surface area contributed by atoms with Crippen LogP contribution in [-0.4, -0.2) is 36.9 Å². The maximum atomic E-state index is 12.1. The van der Waals surface area contributed by atoms with E-state index in [9.17, 15) is 15.0 Å². The van der Waals surface area contributed by atoms with Crippen LogP contribution in [0.4, 0.5) is 5.82 Å². The van der Waals surface area contributed by atoms with E-state index in [-0.39, 0.29) is 34.3 Å². The molecule has 0 saturated carbocycles. The number of hydrogen-bond acceptors (Lipinski definition) is 6. The van der Waals surface area contributed by atoms with E-state index in [0.717, 1.165) is 6.07 Å². The van der Waals surface area contributed by atoms with Gasteiger partial charge in [0.25, 0.3) is 5.91 Å². The van der Waals surface area contributed by atoms with E-state index in [2.05, 4.69) is 15.6 Å². The molecule has 0 aliphatic carbocycles. The summed E-state index contributed by atoms with van der Waals surface area (Å²) in [7, 11) is 1.55. The second kappa shape index (κ2) is 5.41. The summed E-state index contributed by atoms with van der Waals surface area (Å²) in [5, 5.41) is 36.9. The number of nitrogens with two attached hydrogens (primary N) is 1. The van der Waals surface area contributed by atoms with Gasteiger partial charge in [-0.05, 0) is 18.2 Å². The average Bonchev–Trinajstić information content (AvgIpc) is 2.82. The lowest BCUT2D eigenvalue weighted by atomic mass is 10.1. The highest BCUT2D eigenvalue weighted by Gasteiger charge is 2.18. The van der Waals surface area contributed by atoms with E-state index in [1.165, 1.54) is 23.0 Å². The number of oxime groups is 1. The maximum absolute atomic E-state index is 12.1. The van der Waals surface area contributed by atoms with Gasteiger partial charge in [0.05, 0.1) is 17.3 Å². The summed E-state index contributed by atoms with van der Waals surface area (Å²) in [6.07, 6.45) is 1.31. The number of carbonyl (C=O) groups excluding carboxylic acids is 1. The van der Waals surface area contributed by atoms with Gasteiger partial charge in [0, 0.05) is 7.05 Å². The molecule has 0 aliphatic rings. The lowest BCUT2D eigenvalue weighted by molar-refractivity contribution is 0.102. The minimum Gasteiger partial charge on any atom is -0.508 e.